The summed E-state index contributed by atoms with van der Waals surface area (Å²) in [6.45, 7) is 10.2. The van der Waals surface area contributed by atoms with E-state index in [0.717, 1.165) is 25.0 Å². The molecule has 0 aromatic heterocycles. The molecule has 150 valence electrons. The molecule has 0 aliphatic heterocycles. The number of ether oxygens (including phenoxy) is 2. The van der Waals surface area contributed by atoms with Gasteiger partial charge in [0.05, 0.1) is 7.11 Å². The highest BCUT2D eigenvalue weighted by Crippen LogP contribution is 2.48. The number of fused-ring (bicyclic) bond motifs is 4. The molecule has 3 unspecified atom stereocenters. The maximum atomic E-state index is 12.6. The Hall–Kier alpha value is -1.71. The molecule has 1 N–H and O–H groups in total. The second-order valence-corrected chi connectivity index (χ2v) is 9.58. The van der Waals surface area contributed by atoms with Crippen LogP contribution in [0.5, 0.6) is 5.75 Å². The van der Waals surface area contributed by atoms with Crippen LogP contribution >= 0.6 is 0 Å². The molecule has 0 radical (unpaired) electrons. The average molecular weight is 374 g/mol. The first-order valence-electron chi connectivity index (χ1n) is 10.3. The number of rotatable bonds is 2. The number of aryl methyl sites for hydroxylation is 1. The first kappa shape index (κ1) is 20.0. The van der Waals surface area contributed by atoms with E-state index < -0.39 is 5.60 Å². The molecule has 4 heteroatoms. The van der Waals surface area contributed by atoms with E-state index in [2.05, 4.69) is 31.3 Å². The summed E-state index contributed by atoms with van der Waals surface area (Å²) in [7, 11) is 1.73. The molecule has 0 heterocycles. The van der Waals surface area contributed by atoms with Gasteiger partial charge in [0.1, 0.15) is 11.4 Å². The Kier molecular flexibility index (Phi) is 5.47. The van der Waals surface area contributed by atoms with Gasteiger partial charge in [0.2, 0.25) is 0 Å². The average Bonchev–Trinajstić information content (AvgIpc) is 2.55. The van der Waals surface area contributed by atoms with Crippen LogP contribution < -0.4 is 10.1 Å². The SMILES string of the molecule is COc1cc2c(cc1C)CC1CCCCCC2(C)C1NC(=O)OC(C)(C)C. The number of methoxy groups -OCH3 is 1. The standard InChI is InChI=1S/C23H35NO3/c1-15-12-17-13-16-10-8-7-9-11-23(5,18(17)14-19(15)26-6)20(16)24-21(25)27-22(2,3)4/h12,14,16,20H,7-11,13H2,1-6H3,(H,24,25). The number of hydrogen-bond acceptors (Lipinski definition) is 3. The van der Waals surface area contributed by atoms with Crippen molar-refractivity contribution in [2.45, 2.75) is 90.2 Å². The Balaban J connectivity index is 2.01. The third kappa shape index (κ3) is 4.09. The Morgan fingerprint density at radius 3 is 2.63 bits per heavy atom. The Morgan fingerprint density at radius 2 is 1.96 bits per heavy atom. The molecule has 4 nitrogen and oxygen atoms in total. The van der Waals surface area contributed by atoms with Crippen LogP contribution in [-0.4, -0.2) is 24.8 Å². The number of carbonyl (C=O) groups is 1. The van der Waals surface area contributed by atoms with Crippen molar-refractivity contribution in [2.24, 2.45) is 5.92 Å². The maximum absolute atomic E-state index is 12.6. The van der Waals surface area contributed by atoms with Gasteiger partial charge in [0.15, 0.2) is 0 Å². The van der Waals surface area contributed by atoms with E-state index >= 15 is 0 Å². The van der Waals surface area contributed by atoms with Gasteiger partial charge in [0.25, 0.3) is 0 Å². The predicted molar refractivity (Wildman–Crippen MR) is 109 cm³/mol. The van der Waals surface area contributed by atoms with Crippen LogP contribution in [0.1, 0.15) is 76.5 Å². The van der Waals surface area contributed by atoms with Crippen molar-refractivity contribution >= 4 is 6.09 Å². The molecular weight excluding hydrogens is 338 g/mol. The van der Waals surface area contributed by atoms with Gasteiger partial charge in [-0.2, -0.15) is 0 Å². The second-order valence-electron chi connectivity index (χ2n) is 9.58. The molecule has 1 amide bonds. The number of nitrogens with one attached hydrogen (secondary N) is 1. The molecule has 0 spiro atoms. The highest BCUT2D eigenvalue weighted by molar-refractivity contribution is 5.69. The van der Waals surface area contributed by atoms with Gasteiger partial charge < -0.3 is 14.8 Å². The lowest BCUT2D eigenvalue weighted by Gasteiger charge is -2.49. The maximum Gasteiger partial charge on any atom is 0.407 e. The lowest BCUT2D eigenvalue weighted by atomic mass is 9.59. The summed E-state index contributed by atoms with van der Waals surface area (Å²) in [6, 6.07) is 4.60. The zero-order chi connectivity index (χ0) is 19.8. The minimum absolute atomic E-state index is 0.0903. The predicted octanol–water partition coefficient (Wildman–Crippen LogP) is 5.29. The molecule has 2 bridgehead atoms. The summed E-state index contributed by atoms with van der Waals surface area (Å²) in [6.07, 6.45) is 6.62. The molecular formula is C23H35NO3. The van der Waals surface area contributed by atoms with Crippen molar-refractivity contribution in [3.05, 3.63) is 28.8 Å². The normalized spacial score (nSPS) is 27.8. The first-order valence-corrected chi connectivity index (χ1v) is 10.3. The smallest absolute Gasteiger partial charge is 0.407 e. The zero-order valence-electron chi connectivity index (χ0n) is 17.8. The summed E-state index contributed by atoms with van der Waals surface area (Å²) in [4.78, 5) is 12.6. The van der Waals surface area contributed by atoms with E-state index in [-0.39, 0.29) is 17.6 Å². The van der Waals surface area contributed by atoms with Gasteiger partial charge >= 0.3 is 6.09 Å². The van der Waals surface area contributed by atoms with Crippen molar-refractivity contribution in [3.8, 4) is 5.75 Å². The lowest BCUT2D eigenvalue weighted by Crippen LogP contribution is -2.57. The van der Waals surface area contributed by atoms with E-state index in [9.17, 15) is 4.79 Å². The van der Waals surface area contributed by atoms with Crippen LogP contribution in [0, 0.1) is 12.8 Å². The monoisotopic (exact) mass is 373 g/mol. The minimum atomic E-state index is -0.486. The van der Waals surface area contributed by atoms with Gasteiger partial charge in [-0.15, -0.1) is 0 Å². The fourth-order valence-corrected chi connectivity index (χ4v) is 5.10. The largest absolute Gasteiger partial charge is 0.496 e. The summed E-state index contributed by atoms with van der Waals surface area (Å²) >= 11 is 0. The highest BCUT2D eigenvalue weighted by Gasteiger charge is 2.47. The molecule has 1 fully saturated rings. The second kappa shape index (κ2) is 7.37. The van der Waals surface area contributed by atoms with E-state index in [0.29, 0.717) is 5.92 Å². The number of alkyl carbamates (subject to hydrolysis) is 1. The number of benzene rings is 1. The van der Waals surface area contributed by atoms with Gasteiger partial charge in [0, 0.05) is 11.5 Å². The topological polar surface area (TPSA) is 47.6 Å². The van der Waals surface area contributed by atoms with Crippen molar-refractivity contribution in [1.82, 2.24) is 5.32 Å². The Morgan fingerprint density at radius 1 is 1.22 bits per heavy atom. The number of hydrogen-bond donors (Lipinski definition) is 1. The molecule has 27 heavy (non-hydrogen) atoms. The molecule has 2 aliphatic carbocycles. The zero-order valence-corrected chi connectivity index (χ0v) is 17.8. The van der Waals surface area contributed by atoms with Crippen LogP contribution in [0.15, 0.2) is 12.1 Å². The number of amides is 1. The number of carbonyl (C=O) groups excluding carboxylic acids is 1. The summed E-state index contributed by atoms with van der Waals surface area (Å²) in [5.74, 6) is 1.38. The minimum Gasteiger partial charge on any atom is -0.496 e. The molecule has 1 saturated carbocycles. The fraction of sp³-hybridized carbons (Fsp3) is 0.696. The molecule has 2 aliphatic rings. The molecule has 1 aromatic rings. The Bertz CT molecular complexity index is 706. The van der Waals surface area contributed by atoms with Crippen LogP contribution in [-0.2, 0) is 16.6 Å². The van der Waals surface area contributed by atoms with E-state index in [1.54, 1.807) is 7.11 Å². The van der Waals surface area contributed by atoms with Crippen LogP contribution in [0.4, 0.5) is 4.79 Å². The first-order chi connectivity index (χ1) is 12.6. The van der Waals surface area contributed by atoms with Crippen molar-refractivity contribution < 1.29 is 14.3 Å². The van der Waals surface area contributed by atoms with Crippen LogP contribution in [0.25, 0.3) is 0 Å². The quantitative estimate of drug-likeness (QED) is 0.766. The highest BCUT2D eigenvalue weighted by atomic mass is 16.6. The van der Waals surface area contributed by atoms with Crippen molar-refractivity contribution in [1.29, 1.82) is 0 Å². The molecule has 0 saturated heterocycles. The fourth-order valence-electron chi connectivity index (χ4n) is 5.10. The molecule has 1 aromatic carbocycles. The van der Waals surface area contributed by atoms with Gasteiger partial charge in [-0.1, -0.05) is 32.3 Å². The van der Waals surface area contributed by atoms with Gasteiger partial charge in [-0.25, -0.2) is 4.79 Å². The summed E-state index contributed by atoms with van der Waals surface area (Å²) in [5, 5.41) is 3.28. The van der Waals surface area contributed by atoms with E-state index in [4.69, 9.17) is 9.47 Å². The Labute approximate surface area is 164 Å². The molecule has 3 rings (SSSR count). The summed E-state index contributed by atoms with van der Waals surface area (Å²) in [5.41, 5.74) is 3.36. The van der Waals surface area contributed by atoms with Crippen LogP contribution in [0.2, 0.25) is 0 Å². The van der Waals surface area contributed by atoms with Gasteiger partial charge in [-0.05, 0) is 75.6 Å². The van der Waals surface area contributed by atoms with Crippen molar-refractivity contribution in [3.63, 3.8) is 0 Å². The van der Waals surface area contributed by atoms with Crippen LogP contribution in [0.3, 0.4) is 0 Å². The molecule has 3 atom stereocenters. The van der Waals surface area contributed by atoms with E-state index in [1.807, 2.05) is 20.8 Å². The third-order valence-corrected chi connectivity index (χ3v) is 6.32. The van der Waals surface area contributed by atoms with E-state index in [1.165, 1.54) is 36.0 Å². The third-order valence-electron chi connectivity index (χ3n) is 6.32. The van der Waals surface area contributed by atoms with Crippen molar-refractivity contribution in [2.75, 3.05) is 7.11 Å². The van der Waals surface area contributed by atoms with Gasteiger partial charge in [-0.3, -0.25) is 0 Å². The lowest BCUT2D eigenvalue weighted by molar-refractivity contribution is 0.0417. The summed E-state index contributed by atoms with van der Waals surface area (Å²) < 4.78 is 11.2.